The summed E-state index contributed by atoms with van der Waals surface area (Å²) < 4.78 is 3.07. The van der Waals surface area contributed by atoms with Crippen molar-refractivity contribution in [3.63, 3.8) is 0 Å². The summed E-state index contributed by atoms with van der Waals surface area (Å²) in [4.78, 5) is 0. The average Bonchev–Trinajstić information content (AvgIpc) is 3.04. The van der Waals surface area contributed by atoms with Gasteiger partial charge in [-0.05, 0) is 59.7 Å². The molecule has 4 nitrogen and oxygen atoms in total. The molecule has 0 bridgehead atoms. The van der Waals surface area contributed by atoms with Crippen molar-refractivity contribution in [2.75, 3.05) is 5.73 Å². The van der Waals surface area contributed by atoms with Crippen LogP contribution in [0.2, 0.25) is 0 Å². The second-order valence-electron chi connectivity index (χ2n) is 4.02. The molecule has 16 heavy (non-hydrogen) atoms. The van der Waals surface area contributed by atoms with E-state index < -0.39 is 0 Å². The molecule has 0 unspecified atom stereocenters. The van der Waals surface area contributed by atoms with Gasteiger partial charge >= 0.3 is 0 Å². The van der Waals surface area contributed by atoms with Gasteiger partial charge in [0, 0.05) is 9.49 Å². The first-order chi connectivity index (χ1) is 7.75. The predicted molar refractivity (Wildman–Crippen MR) is 70.5 cm³/mol. The number of halogens is 1. The molecular weight excluding hydrogens is 315 g/mol. The van der Waals surface area contributed by atoms with Crippen LogP contribution in [-0.4, -0.2) is 15.0 Å². The number of rotatable bonds is 2. The summed E-state index contributed by atoms with van der Waals surface area (Å²) in [5.74, 6) is 1.12. The number of hydrogen-bond donors (Lipinski definition) is 1. The van der Waals surface area contributed by atoms with Crippen molar-refractivity contribution < 1.29 is 0 Å². The SMILES string of the molecule is Nc1nnn(-c2ccc(I)cc2)c1C1CC1. The van der Waals surface area contributed by atoms with E-state index in [-0.39, 0.29) is 0 Å². The van der Waals surface area contributed by atoms with Crippen LogP contribution in [0.5, 0.6) is 0 Å². The molecule has 0 atom stereocenters. The van der Waals surface area contributed by atoms with Crippen LogP contribution in [-0.2, 0) is 0 Å². The minimum absolute atomic E-state index is 0.550. The van der Waals surface area contributed by atoms with E-state index in [1.54, 1.807) is 0 Å². The lowest BCUT2D eigenvalue weighted by atomic mass is 10.2. The van der Waals surface area contributed by atoms with Crippen molar-refractivity contribution in [3.8, 4) is 5.69 Å². The Morgan fingerprint density at radius 2 is 1.94 bits per heavy atom. The minimum atomic E-state index is 0.550. The fraction of sp³-hybridized carbons (Fsp3) is 0.273. The first kappa shape index (κ1) is 10.1. The van der Waals surface area contributed by atoms with Gasteiger partial charge < -0.3 is 5.73 Å². The summed E-state index contributed by atoms with van der Waals surface area (Å²) in [6.45, 7) is 0. The maximum Gasteiger partial charge on any atom is 0.169 e. The predicted octanol–water partition coefficient (Wildman–Crippen LogP) is 2.33. The van der Waals surface area contributed by atoms with E-state index in [1.807, 2.05) is 16.8 Å². The van der Waals surface area contributed by atoms with Crippen LogP contribution in [0.4, 0.5) is 5.82 Å². The first-order valence-corrected chi connectivity index (χ1v) is 6.30. The smallest absolute Gasteiger partial charge is 0.169 e. The van der Waals surface area contributed by atoms with Crippen LogP contribution >= 0.6 is 22.6 Å². The van der Waals surface area contributed by atoms with E-state index in [0.29, 0.717) is 11.7 Å². The van der Waals surface area contributed by atoms with E-state index in [2.05, 4.69) is 45.0 Å². The largest absolute Gasteiger partial charge is 0.381 e. The van der Waals surface area contributed by atoms with Gasteiger partial charge in [-0.15, -0.1) is 5.10 Å². The van der Waals surface area contributed by atoms with Gasteiger partial charge in [0.05, 0.1) is 11.4 Å². The highest BCUT2D eigenvalue weighted by molar-refractivity contribution is 14.1. The summed E-state index contributed by atoms with van der Waals surface area (Å²) in [5, 5.41) is 8.08. The van der Waals surface area contributed by atoms with Crippen LogP contribution in [0.3, 0.4) is 0 Å². The lowest BCUT2D eigenvalue weighted by molar-refractivity contribution is 0.763. The molecule has 82 valence electrons. The first-order valence-electron chi connectivity index (χ1n) is 5.23. The molecule has 0 radical (unpaired) electrons. The zero-order chi connectivity index (χ0) is 11.1. The van der Waals surface area contributed by atoms with E-state index >= 15 is 0 Å². The van der Waals surface area contributed by atoms with Gasteiger partial charge in [-0.25, -0.2) is 4.68 Å². The molecule has 1 aliphatic rings. The molecule has 1 aromatic carbocycles. The highest BCUT2D eigenvalue weighted by atomic mass is 127. The summed E-state index contributed by atoms with van der Waals surface area (Å²) in [5.41, 5.74) is 7.96. The highest BCUT2D eigenvalue weighted by Gasteiger charge is 2.30. The van der Waals surface area contributed by atoms with Crippen molar-refractivity contribution in [1.82, 2.24) is 15.0 Å². The van der Waals surface area contributed by atoms with Crippen molar-refractivity contribution in [3.05, 3.63) is 33.5 Å². The Kier molecular flexibility index (Phi) is 2.34. The number of nitrogen functional groups attached to an aromatic ring is 1. The normalized spacial score (nSPS) is 15.3. The van der Waals surface area contributed by atoms with Crippen molar-refractivity contribution in [2.45, 2.75) is 18.8 Å². The topological polar surface area (TPSA) is 56.7 Å². The van der Waals surface area contributed by atoms with Gasteiger partial charge in [-0.1, -0.05) is 5.21 Å². The number of nitrogens with two attached hydrogens (primary N) is 1. The number of aromatic nitrogens is 3. The Morgan fingerprint density at radius 1 is 1.25 bits per heavy atom. The molecule has 1 fully saturated rings. The average molecular weight is 326 g/mol. The number of anilines is 1. The fourth-order valence-electron chi connectivity index (χ4n) is 1.81. The third-order valence-corrected chi connectivity index (χ3v) is 3.49. The van der Waals surface area contributed by atoms with Gasteiger partial charge in [0.2, 0.25) is 0 Å². The van der Waals surface area contributed by atoms with E-state index in [4.69, 9.17) is 5.73 Å². The molecule has 0 spiro atoms. The number of hydrogen-bond acceptors (Lipinski definition) is 3. The minimum Gasteiger partial charge on any atom is -0.381 e. The molecule has 1 heterocycles. The molecule has 2 aromatic rings. The van der Waals surface area contributed by atoms with Crippen molar-refractivity contribution in [2.24, 2.45) is 0 Å². The molecule has 0 saturated heterocycles. The lowest BCUT2D eigenvalue weighted by Gasteiger charge is -2.05. The summed E-state index contributed by atoms with van der Waals surface area (Å²) in [6.07, 6.45) is 2.39. The molecule has 0 amide bonds. The van der Waals surface area contributed by atoms with Crippen LogP contribution in [0, 0.1) is 3.57 Å². The van der Waals surface area contributed by atoms with Gasteiger partial charge in [0.15, 0.2) is 5.82 Å². The third kappa shape index (κ3) is 1.68. The molecule has 2 N–H and O–H groups in total. The maximum atomic E-state index is 5.85. The molecule has 5 heteroatoms. The van der Waals surface area contributed by atoms with Crippen LogP contribution in [0.15, 0.2) is 24.3 Å². The Bertz CT molecular complexity index is 513. The number of benzene rings is 1. The van der Waals surface area contributed by atoms with Gasteiger partial charge in [0.1, 0.15) is 0 Å². The van der Waals surface area contributed by atoms with Crippen LogP contribution in [0.1, 0.15) is 24.5 Å². The van der Waals surface area contributed by atoms with Crippen LogP contribution < -0.4 is 5.73 Å². The van der Waals surface area contributed by atoms with Crippen LogP contribution in [0.25, 0.3) is 5.69 Å². The monoisotopic (exact) mass is 326 g/mol. The Morgan fingerprint density at radius 3 is 2.56 bits per heavy atom. The molecule has 1 aromatic heterocycles. The van der Waals surface area contributed by atoms with E-state index in [0.717, 1.165) is 11.4 Å². The van der Waals surface area contributed by atoms with E-state index in [9.17, 15) is 0 Å². The molecule has 0 aliphatic heterocycles. The Labute approximate surface area is 107 Å². The fourth-order valence-corrected chi connectivity index (χ4v) is 2.17. The Hall–Kier alpha value is -1.11. The second kappa shape index (κ2) is 3.73. The third-order valence-electron chi connectivity index (χ3n) is 2.77. The van der Waals surface area contributed by atoms with Crippen molar-refractivity contribution in [1.29, 1.82) is 0 Å². The maximum absolute atomic E-state index is 5.85. The number of nitrogens with zero attached hydrogens (tertiary/aromatic N) is 3. The Balaban J connectivity index is 2.08. The van der Waals surface area contributed by atoms with Crippen molar-refractivity contribution >= 4 is 28.4 Å². The zero-order valence-corrected chi connectivity index (χ0v) is 10.8. The second-order valence-corrected chi connectivity index (χ2v) is 5.27. The summed E-state index contributed by atoms with van der Waals surface area (Å²) in [6, 6.07) is 8.21. The molecular formula is C11H11IN4. The molecule has 1 aliphatic carbocycles. The summed E-state index contributed by atoms with van der Waals surface area (Å²) >= 11 is 2.29. The summed E-state index contributed by atoms with van der Waals surface area (Å²) in [7, 11) is 0. The molecule has 1 saturated carbocycles. The lowest BCUT2D eigenvalue weighted by Crippen LogP contribution is -2.02. The quantitative estimate of drug-likeness (QED) is 0.862. The standard InChI is InChI=1S/C11H11IN4/c12-8-3-5-9(6-4-8)16-10(7-1-2-7)11(13)14-15-16/h3-7H,1-2,13H2. The van der Waals surface area contributed by atoms with Gasteiger partial charge in [-0.3, -0.25) is 0 Å². The van der Waals surface area contributed by atoms with E-state index in [1.165, 1.54) is 16.4 Å². The highest BCUT2D eigenvalue weighted by Crippen LogP contribution is 2.42. The molecule has 3 rings (SSSR count). The van der Waals surface area contributed by atoms with Gasteiger partial charge in [0.25, 0.3) is 0 Å². The zero-order valence-electron chi connectivity index (χ0n) is 8.60. The van der Waals surface area contributed by atoms with Gasteiger partial charge in [-0.2, -0.15) is 0 Å².